The van der Waals surface area contributed by atoms with Crippen LogP contribution in [0.15, 0.2) is 24.3 Å². The summed E-state index contributed by atoms with van der Waals surface area (Å²) < 4.78 is 5.00. The molecule has 108 valence electrons. The van der Waals surface area contributed by atoms with Crippen LogP contribution in [0.25, 0.3) is 0 Å². The van der Waals surface area contributed by atoms with Crippen LogP contribution in [-0.2, 0) is 16.1 Å². The lowest BCUT2D eigenvalue weighted by molar-refractivity contribution is -0.132. The third-order valence-corrected chi connectivity index (χ3v) is 3.41. The Morgan fingerprint density at radius 1 is 1.05 bits per heavy atom. The summed E-state index contributed by atoms with van der Waals surface area (Å²) in [6.07, 6.45) is 0. The number of nitrogens with zero attached hydrogens (tertiary/aromatic N) is 2. The lowest BCUT2D eigenvalue weighted by Crippen LogP contribution is -2.47. The Hall–Kier alpha value is -1.88. The van der Waals surface area contributed by atoms with Gasteiger partial charge in [0.2, 0.25) is 5.91 Å². The SMILES string of the molecule is CC(=O)Oc1ccc(CN2CCN(C(C)=O)CC2)cc1. The van der Waals surface area contributed by atoms with Crippen molar-refractivity contribution in [3.63, 3.8) is 0 Å². The van der Waals surface area contributed by atoms with Crippen LogP contribution in [0.5, 0.6) is 5.75 Å². The molecule has 5 heteroatoms. The first-order valence-electron chi connectivity index (χ1n) is 6.80. The number of rotatable bonds is 3. The number of carbonyl (C=O) groups excluding carboxylic acids is 2. The highest BCUT2D eigenvalue weighted by molar-refractivity contribution is 5.73. The molecule has 1 saturated heterocycles. The van der Waals surface area contributed by atoms with Gasteiger partial charge < -0.3 is 9.64 Å². The van der Waals surface area contributed by atoms with Gasteiger partial charge in [0.05, 0.1) is 0 Å². The maximum Gasteiger partial charge on any atom is 0.308 e. The summed E-state index contributed by atoms with van der Waals surface area (Å²) in [7, 11) is 0. The van der Waals surface area contributed by atoms with Gasteiger partial charge in [-0.1, -0.05) is 12.1 Å². The maximum atomic E-state index is 11.3. The van der Waals surface area contributed by atoms with E-state index < -0.39 is 0 Å². The number of benzene rings is 1. The molecular formula is C15H20N2O3. The Morgan fingerprint density at radius 3 is 2.15 bits per heavy atom. The number of hydrogen-bond acceptors (Lipinski definition) is 4. The van der Waals surface area contributed by atoms with Gasteiger partial charge in [0, 0.05) is 46.6 Å². The van der Waals surface area contributed by atoms with E-state index in [0.29, 0.717) is 5.75 Å². The first kappa shape index (κ1) is 14.5. The standard InChI is InChI=1S/C15H20N2O3/c1-12(18)17-9-7-16(8-10-17)11-14-3-5-15(6-4-14)20-13(2)19/h3-6H,7-11H2,1-2H3. The molecule has 1 aliphatic heterocycles. The summed E-state index contributed by atoms with van der Waals surface area (Å²) in [6.45, 7) is 7.23. The molecule has 0 unspecified atom stereocenters. The highest BCUT2D eigenvalue weighted by Crippen LogP contribution is 2.14. The van der Waals surface area contributed by atoms with Crippen molar-refractivity contribution >= 4 is 11.9 Å². The zero-order valence-corrected chi connectivity index (χ0v) is 12.0. The van der Waals surface area contributed by atoms with Gasteiger partial charge in [-0.15, -0.1) is 0 Å². The summed E-state index contributed by atoms with van der Waals surface area (Å²) in [5.41, 5.74) is 1.18. The molecule has 0 spiro atoms. The monoisotopic (exact) mass is 276 g/mol. The Labute approximate surface area is 119 Å². The number of ether oxygens (including phenoxy) is 1. The first-order chi connectivity index (χ1) is 9.54. The molecule has 1 aromatic carbocycles. The fourth-order valence-electron chi connectivity index (χ4n) is 2.31. The van der Waals surface area contributed by atoms with Gasteiger partial charge in [-0.2, -0.15) is 0 Å². The predicted octanol–water partition coefficient (Wildman–Crippen LogP) is 1.28. The molecule has 1 fully saturated rings. The van der Waals surface area contributed by atoms with Crippen LogP contribution >= 0.6 is 0 Å². The van der Waals surface area contributed by atoms with Crippen LogP contribution in [-0.4, -0.2) is 47.9 Å². The maximum absolute atomic E-state index is 11.3. The minimum atomic E-state index is -0.307. The van der Waals surface area contributed by atoms with Crippen molar-refractivity contribution in [3.05, 3.63) is 29.8 Å². The fourth-order valence-corrected chi connectivity index (χ4v) is 2.31. The number of esters is 1. The zero-order valence-electron chi connectivity index (χ0n) is 12.0. The van der Waals surface area contributed by atoms with Gasteiger partial charge in [0.15, 0.2) is 0 Å². The predicted molar refractivity (Wildman–Crippen MR) is 75.3 cm³/mol. The molecule has 1 aromatic rings. The van der Waals surface area contributed by atoms with Crippen molar-refractivity contribution in [2.45, 2.75) is 20.4 Å². The van der Waals surface area contributed by atoms with E-state index in [0.717, 1.165) is 32.7 Å². The van der Waals surface area contributed by atoms with Gasteiger partial charge in [-0.25, -0.2) is 0 Å². The van der Waals surface area contributed by atoms with Crippen LogP contribution in [0.2, 0.25) is 0 Å². The lowest BCUT2D eigenvalue weighted by atomic mass is 10.2. The second-order valence-electron chi connectivity index (χ2n) is 5.02. The van der Waals surface area contributed by atoms with Gasteiger partial charge in [0.1, 0.15) is 5.75 Å². The molecule has 0 aliphatic carbocycles. The normalized spacial score (nSPS) is 16.0. The minimum Gasteiger partial charge on any atom is -0.427 e. The van der Waals surface area contributed by atoms with E-state index in [1.165, 1.54) is 12.5 Å². The summed E-state index contributed by atoms with van der Waals surface area (Å²) in [5.74, 6) is 0.413. The Kier molecular flexibility index (Phi) is 4.74. The number of piperazine rings is 1. The van der Waals surface area contributed by atoms with Crippen molar-refractivity contribution in [2.75, 3.05) is 26.2 Å². The van der Waals surface area contributed by atoms with Crippen molar-refractivity contribution in [2.24, 2.45) is 0 Å². The van der Waals surface area contributed by atoms with E-state index in [-0.39, 0.29) is 11.9 Å². The average molecular weight is 276 g/mol. The Balaban J connectivity index is 1.85. The quantitative estimate of drug-likeness (QED) is 0.616. The van der Waals surface area contributed by atoms with Crippen LogP contribution in [0.4, 0.5) is 0 Å². The molecule has 2 rings (SSSR count). The molecule has 1 heterocycles. The van der Waals surface area contributed by atoms with Crippen molar-refractivity contribution in [1.29, 1.82) is 0 Å². The molecule has 1 amide bonds. The van der Waals surface area contributed by atoms with E-state index in [1.54, 1.807) is 6.92 Å². The molecular weight excluding hydrogens is 256 g/mol. The van der Waals surface area contributed by atoms with Gasteiger partial charge in [0.25, 0.3) is 0 Å². The molecule has 0 aromatic heterocycles. The Bertz CT molecular complexity index is 476. The molecule has 0 saturated carbocycles. The second-order valence-corrected chi connectivity index (χ2v) is 5.02. The highest BCUT2D eigenvalue weighted by atomic mass is 16.5. The van der Waals surface area contributed by atoms with E-state index in [1.807, 2.05) is 29.2 Å². The number of hydrogen-bond donors (Lipinski definition) is 0. The van der Waals surface area contributed by atoms with E-state index >= 15 is 0 Å². The van der Waals surface area contributed by atoms with Crippen LogP contribution in [0, 0.1) is 0 Å². The van der Waals surface area contributed by atoms with Crippen LogP contribution < -0.4 is 4.74 Å². The first-order valence-corrected chi connectivity index (χ1v) is 6.80. The highest BCUT2D eigenvalue weighted by Gasteiger charge is 2.18. The van der Waals surface area contributed by atoms with Gasteiger partial charge in [-0.3, -0.25) is 14.5 Å². The minimum absolute atomic E-state index is 0.149. The van der Waals surface area contributed by atoms with E-state index in [9.17, 15) is 9.59 Å². The summed E-state index contributed by atoms with van der Waals surface area (Å²) in [5, 5.41) is 0. The molecule has 0 radical (unpaired) electrons. The fraction of sp³-hybridized carbons (Fsp3) is 0.467. The molecule has 0 atom stereocenters. The van der Waals surface area contributed by atoms with Gasteiger partial charge >= 0.3 is 5.97 Å². The third kappa shape index (κ3) is 4.06. The van der Waals surface area contributed by atoms with Gasteiger partial charge in [-0.05, 0) is 17.7 Å². The van der Waals surface area contributed by atoms with Crippen LogP contribution in [0.3, 0.4) is 0 Å². The summed E-state index contributed by atoms with van der Waals surface area (Å²) in [4.78, 5) is 26.3. The molecule has 0 N–H and O–H groups in total. The number of amides is 1. The van der Waals surface area contributed by atoms with E-state index in [4.69, 9.17) is 4.74 Å². The van der Waals surface area contributed by atoms with Crippen molar-refractivity contribution < 1.29 is 14.3 Å². The number of carbonyl (C=O) groups is 2. The smallest absolute Gasteiger partial charge is 0.308 e. The zero-order chi connectivity index (χ0) is 14.5. The molecule has 0 bridgehead atoms. The van der Waals surface area contributed by atoms with Crippen molar-refractivity contribution in [3.8, 4) is 5.75 Å². The van der Waals surface area contributed by atoms with E-state index in [2.05, 4.69) is 4.90 Å². The Morgan fingerprint density at radius 2 is 1.65 bits per heavy atom. The summed E-state index contributed by atoms with van der Waals surface area (Å²) >= 11 is 0. The lowest BCUT2D eigenvalue weighted by Gasteiger charge is -2.34. The van der Waals surface area contributed by atoms with Crippen molar-refractivity contribution in [1.82, 2.24) is 9.80 Å². The average Bonchev–Trinajstić information content (AvgIpc) is 2.41. The molecule has 20 heavy (non-hydrogen) atoms. The second kappa shape index (κ2) is 6.52. The largest absolute Gasteiger partial charge is 0.427 e. The topological polar surface area (TPSA) is 49.9 Å². The third-order valence-electron chi connectivity index (χ3n) is 3.41. The summed E-state index contributed by atoms with van der Waals surface area (Å²) in [6, 6.07) is 7.55. The van der Waals surface area contributed by atoms with Crippen LogP contribution in [0.1, 0.15) is 19.4 Å². The molecule has 1 aliphatic rings. The molecule has 5 nitrogen and oxygen atoms in total.